The van der Waals surface area contributed by atoms with Crippen LogP contribution in [0.25, 0.3) is 0 Å². The number of hydrogen-bond acceptors (Lipinski definition) is 5. The molecule has 3 N–H and O–H groups in total. The predicted octanol–water partition coefficient (Wildman–Crippen LogP) is 1.22. The second kappa shape index (κ2) is 7.77. The van der Waals surface area contributed by atoms with E-state index in [4.69, 9.17) is 0 Å². The van der Waals surface area contributed by atoms with Crippen LogP contribution in [0.3, 0.4) is 0 Å². The molecule has 1 saturated heterocycles. The number of aliphatic hydroxyl groups excluding tert-OH is 1. The lowest BCUT2D eigenvalue weighted by Crippen LogP contribution is -2.45. The minimum Gasteiger partial charge on any atom is -0.503 e. The molecule has 2 aromatic rings. The summed E-state index contributed by atoms with van der Waals surface area (Å²) in [6.07, 6.45) is 1.35. The molecule has 31 heavy (non-hydrogen) atoms. The topological polar surface area (TPSA) is 112 Å². The third kappa shape index (κ3) is 3.67. The average Bonchev–Trinajstić information content (AvgIpc) is 2.87. The summed E-state index contributed by atoms with van der Waals surface area (Å²) in [6, 6.07) is 1.92. The van der Waals surface area contributed by atoms with Gasteiger partial charge in [0.15, 0.2) is 11.4 Å². The van der Waals surface area contributed by atoms with Crippen molar-refractivity contribution in [1.29, 1.82) is 0 Å². The summed E-state index contributed by atoms with van der Waals surface area (Å²) in [5.74, 6) is -4.06. The van der Waals surface area contributed by atoms with Crippen LogP contribution in [0, 0.1) is 18.6 Å². The van der Waals surface area contributed by atoms with Crippen LogP contribution in [0.1, 0.15) is 50.9 Å². The predicted molar refractivity (Wildman–Crippen MR) is 105 cm³/mol. The van der Waals surface area contributed by atoms with Gasteiger partial charge < -0.3 is 25.0 Å². The number of carbonyl (C=O) groups is 2. The van der Waals surface area contributed by atoms with Crippen molar-refractivity contribution >= 4 is 11.8 Å². The molecule has 1 aromatic carbocycles. The lowest BCUT2D eigenvalue weighted by atomic mass is 10.1. The molecule has 2 aliphatic rings. The molecule has 0 aliphatic carbocycles. The maximum Gasteiger partial charge on any atom is 0.274 e. The van der Waals surface area contributed by atoms with Gasteiger partial charge in [0.05, 0.1) is 12.1 Å². The second-order valence-corrected chi connectivity index (χ2v) is 7.96. The van der Waals surface area contributed by atoms with Gasteiger partial charge in [-0.25, -0.2) is 8.78 Å². The Morgan fingerprint density at radius 2 is 1.87 bits per heavy atom. The maximum atomic E-state index is 14.0. The number of aryl methyl sites for hydroxylation is 1. The molecule has 0 radical (unpaired) electrons. The van der Waals surface area contributed by atoms with Gasteiger partial charge in [0.25, 0.3) is 11.8 Å². The van der Waals surface area contributed by atoms with Gasteiger partial charge in [-0.1, -0.05) is 0 Å². The smallest absolute Gasteiger partial charge is 0.274 e. The first kappa shape index (κ1) is 21.0. The van der Waals surface area contributed by atoms with Gasteiger partial charge in [0.2, 0.25) is 5.43 Å². The molecule has 2 bridgehead atoms. The summed E-state index contributed by atoms with van der Waals surface area (Å²) in [5.41, 5.74) is -1.70. The molecule has 0 unspecified atom stereocenters. The summed E-state index contributed by atoms with van der Waals surface area (Å²) in [4.78, 5) is 39.3. The van der Waals surface area contributed by atoms with Crippen molar-refractivity contribution < 1.29 is 28.6 Å². The molecule has 10 heteroatoms. The highest BCUT2D eigenvalue weighted by molar-refractivity contribution is 5.99. The molecule has 1 aromatic heterocycles. The molecule has 3 heterocycles. The number of amides is 2. The van der Waals surface area contributed by atoms with Crippen LogP contribution < -0.4 is 10.7 Å². The monoisotopic (exact) mass is 433 g/mol. The van der Waals surface area contributed by atoms with Gasteiger partial charge in [-0.15, -0.1) is 0 Å². The van der Waals surface area contributed by atoms with E-state index in [1.165, 1.54) is 22.6 Å². The summed E-state index contributed by atoms with van der Waals surface area (Å²) >= 11 is 0. The first-order valence-electron chi connectivity index (χ1n) is 9.85. The van der Waals surface area contributed by atoms with Crippen LogP contribution in [-0.2, 0) is 6.54 Å². The molecule has 8 nitrogen and oxygen atoms in total. The highest BCUT2D eigenvalue weighted by Crippen LogP contribution is 2.32. The van der Waals surface area contributed by atoms with Gasteiger partial charge in [-0.2, -0.15) is 0 Å². The lowest BCUT2D eigenvalue weighted by molar-refractivity contribution is 0.0588. The van der Waals surface area contributed by atoms with E-state index < -0.39 is 52.8 Å². The first-order chi connectivity index (χ1) is 14.7. The molecule has 2 aliphatic heterocycles. The van der Waals surface area contributed by atoms with E-state index in [1.807, 2.05) is 0 Å². The van der Waals surface area contributed by atoms with E-state index in [1.54, 1.807) is 0 Å². The number of fused-ring (bicyclic) bond motifs is 4. The summed E-state index contributed by atoms with van der Waals surface area (Å²) < 4.78 is 29.4. The van der Waals surface area contributed by atoms with E-state index in [2.05, 4.69) is 5.32 Å². The van der Waals surface area contributed by atoms with Gasteiger partial charge in [0, 0.05) is 31.4 Å². The zero-order chi connectivity index (χ0) is 22.4. The summed E-state index contributed by atoms with van der Waals surface area (Å²) in [6.45, 7) is 1.40. The first-order valence-corrected chi connectivity index (χ1v) is 9.85. The maximum absolute atomic E-state index is 14.0. The fraction of sp³-hybridized carbons (Fsp3) is 0.381. The number of halogens is 2. The third-order valence-electron chi connectivity index (χ3n) is 5.74. The summed E-state index contributed by atoms with van der Waals surface area (Å²) in [7, 11) is 0. The molecule has 0 spiro atoms. The van der Waals surface area contributed by atoms with Crippen molar-refractivity contribution in [2.75, 3.05) is 13.1 Å². The van der Waals surface area contributed by atoms with Crippen LogP contribution in [-0.4, -0.2) is 50.7 Å². The number of rotatable bonds is 3. The van der Waals surface area contributed by atoms with Crippen molar-refractivity contribution in [3.8, 4) is 5.75 Å². The van der Waals surface area contributed by atoms with Crippen molar-refractivity contribution in [2.24, 2.45) is 0 Å². The number of nitrogens with one attached hydrogen (secondary N) is 1. The van der Waals surface area contributed by atoms with Crippen LogP contribution in [0.4, 0.5) is 8.78 Å². The molecule has 4 rings (SSSR count). The molecular weight excluding hydrogens is 412 g/mol. The minimum atomic E-state index is -1.05. The van der Waals surface area contributed by atoms with E-state index in [0.717, 1.165) is 12.1 Å². The number of aliphatic hydroxyl groups is 1. The number of nitrogens with zero attached hydrogens (tertiary/aromatic N) is 2. The molecule has 164 valence electrons. The Hall–Kier alpha value is -3.27. The summed E-state index contributed by atoms with van der Waals surface area (Å²) in [5, 5.41) is 22.7. The molecule has 2 atom stereocenters. The highest BCUT2D eigenvalue weighted by Gasteiger charge is 2.38. The molecule has 0 saturated carbocycles. The van der Waals surface area contributed by atoms with Crippen LogP contribution in [0.5, 0.6) is 5.75 Å². The lowest BCUT2D eigenvalue weighted by Gasteiger charge is -2.34. The third-order valence-corrected chi connectivity index (χ3v) is 5.74. The number of benzene rings is 1. The second-order valence-electron chi connectivity index (χ2n) is 7.96. The number of aromatic nitrogens is 1. The fourth-order valence-corrected chi connectivity index (χ4v) is 4.14. The fourth-order valence-electron chi connectivity index (χ4n) is 4.14. The molecular formula is C21H21F2N3O5. The number of aromatic hydroxyl groups is 1. The Morgan fingerprint density at radius 3 is 2.55 bits per heavy atom. The minimum absolute atomic E-state index is 0.0961. The van der Waals surface area contributed by atoms with Crippen molar-refractivity contribution in [3.63, 3.8) is 0 Å². The van der Waals surface area contributed by atoms with E-state index in [0.29, 0.717) is 18.4 Å². The van der Waals surface area contributed by atoms with E-state index in [-0.39, 0.29) is 30.4 Å². The normalized spacial score (nSPS) is 20.3. The number of pyridine rings is 1. The van der Waals surface area contributed by atoms with Crippen LogP contribution >= 0.6 is 0 Å². The van der Waals surface area contributed by atoms with Crippen LogP contribution in [0.2, 0.25) is 0 Å². The van der Waals surface area contributed by atoms with Crippen molar-refractivity contribution in [3.05, 3.63) is 62.6 Å². The Balaban J connectivity index is 1.67. The standard InChI is InChI=1S/C21H21F2N3O5/c1-10-4-15(22)13(16(23)5-10)6-24-20(30)14-9-26-11-2-3-12(27)8-25(7-11)21(31)17(26)19(29)18(14)28/h4-5,9,11-12,27,29H,2-3,6-8H2,1H3,(H,24,30)/t11-,12-/m0/s1. The van der Waals surface area contributed by atoms with Gasteiger partial charge >= 0.3 is 0 Å². The van der Waals surface area contributed by atoms with Crippen molar-refractivity contribution in [1.82, 2.24) is 14.8 Å². The van der Waals surface area contributed by atoms with Gasteiger partial charge in [0.1, 0.15) is 17.2 Å². The molecule has 2 amide bonds. The van der Waals surface area contributed by atoms with Gasteiger partial charge in [-0.05, 0) is 37.5 Å². The van der Waals surface area contributed by atoms with E-state index >= 15 is 0 Å². The van der Waals surface area contributed by atoms with Crippen molar-refractivity contribution in [2.45, 2.75) is 38.5 Å². The number of hydrogen-bond donors (Lipinski definition) is 3. The molecule has 1 fully saturated rings. The highest BCUT2D eigenvalue weighted by atomic mass is 19.1. The van der Waals surface area contributed by atoms with E-state index in [9.17, 15) is 33.4 Å². The zero-order valence-electron chi connectivity index (χ0n) is 16.7. The zero-order valence-corrected chi connectivity index (χ0v) is 16.7. The number of carbonyl (C=O) groups excluding carboxylic acids is 2. The Kier molecular flexibility index (Phi) is 5.26. The average molecular weight is 433 g/mol. The Labute approximate surface area is 175 Å². The Morgan fingerprint density at radius 1 is 1.19 bits per heavy atom. The van der Waals surface area contributed by atoms with Crippen LogP contribution in [0.15, 0.2) is 23.1 Å². The SMILES string of the molecule is Cc1cc(F)c(CNC(=O)c2cn3c(c(O)c2=O)C(=O)N2C[C@@H](O)CC[C@H]3C2)c(F)c1. The quantitative estimate of drug-likeness (QED) is 0.674. The Bertz CT molecular complexity index is 1120. The van der Waals surface area contributed by atoms with Gasteiger partial charge in [-0.3, -0.25) is 14.4 Å². The largest absolute Gasteiger partial charge is 0.503 e.